The summed E-state index contributed by atoms with van der Waals surface area (Å²) in [6.07, 6.45) is 0.821. The number of sulfonamides is 1. The molecule has 0 bridgehead atoms. The predicted molar refractivity (Wildman–Crippen MR) is 87.6 cm³/mol. The highest BCUT2D eigenvalue weighted by atomic mass is 32.2. The van der Waals surface area contributed by atoms with Gasteiger partial charge in [-0.1, -0.05) is 48.0 Å². The summed E-state index contributed by atoms with van der Waals surface area (Å²) in [7, 11) is -3.84. The first-order chi connectivity index (χ1) is 11.0. The van der Waals surface area contributed by atoms with E-state index in [1.165, 1.54) is 12.1 Å². The Labute approximate surface area is 135 Å². The number of rotatable bonds is 4. The molecule has 5 nitrogen and oxygen atoms in total. The summed E-state index contributed by atoms with van der Waals surface area (Å²) >= 11 is 0. The molecule has 2 aromatic rings. The molecule has 0 heterocycles. The van der Waals surface area contributed by atoms with E-state index in [4.69, 9.17) is 0 Å². The van der Waals surface area contributed by atoms with Gasteiger partial charge in [0.25, 0.3) is 10.0 Å². The van der Waals surface area contributed by atoms with Gasteiger partial charge in [-0.25, -0.2) is 17.9 Å². The molecule has 0 radical (unpaired) electrons. The Hall–Kier alpha value is -2.34. The van der Waals surface area contributed by atoms with Crippen molar-refractivity contribution in [2.75, 3.05) is 0 Å². The molecule has 0 saturated heterocycles. The zero-order valence-electron chi connectivity index (χ0n) is 12.7. The maximum absolute atomic E-state index is 12.1. The normalized spacial score (nSPS) is 19.9. The first-order valence-electron chi connectivity index (χ1n) is 7.40. The van der Waals surface area contributed by atoms with Crippen LogP contribution in [0.5, 0.6) is 0 Å². The highest BCUT2D eigenvalue weighted by molar-refractivity contribution is 7.90. The van der Waals surface area contributed by atoms with E-state index in [0.717, 1.165) is 17.5 Å². The lowest BCUT2D eigenvalue weighted by Crippen LogP contribution is -2.40. The van der Waals surface area contributed by atoms with E-state index in [9.17, 15) is 13.2 Å². The largest absolute Gasteiger partial charge is 0.334 e. The van der Waals surface area contributed by atoms with Crippen LogP contribution in [-0.2, 0) is 10.0 Å². The average molecular weight is 330 g/mol. The summed E-state index contributed by atoms with van der Waals surface area (Å²) in [6.45, 7) is 1.87. The minimum Gasteiger partial charge on any atom is -0.334 e. The van der Waals surface area contributed by atoms with E-state index in [-0.39, 0.29) is 16.9 Å². The second-order valence-corrected chi connectivity index (χ2v) is 7.43. The van der Waals surface area contributed by atoms with Gasteiger partial charge in [-0.2, -0.15) is 0 Å². The predicted octanol–water partition coefficient (Wildman–Crippen LogP) is 2.54. The van der Waals surface area contributed by atoms with Gasteiger partial charge in [0.1, 0.15) is 0 Å². The molecule has 0 aromatic heterocycles. The van der Waals surface area contributed by atoms with E-state index in [0.29, 0.717) is 0 Å². The zero-order valence-corrected chi connectivity index (χ0v) is 13.5. The van der Waals surface area contributed by atoms with E-state index in [2.05, 4.69) is 10.0 Å². The van der Waals surface area contributed by atoms with Crippen molar-refractivity contribution in [3.05, 3.63) is 65.7 Å². The lowest BCUT2D eigenvalue weighted by atomic mass is 10.1. The molecule has 1 saturated carbocycles. The van der Waals surface area contributed by atoms with Crippen LogP contribution in [0.25, 0.3) is 0 Å². The van der Waals surface area contributed by atoms with Gasteiger partial charge >= 0.3 is 6.03 Å². The fourth-order valence-electron chi connectivity index (χ4n) is 2.52. The molecule has 1 fully saturated rings. The first kappa shape index (κ1) is 15.6. The van der Waals surface area contributed by atoms with Gasteiger partial charge in [-0.15, -0.1) is 0 Å². The SMILES string of the molecule is Cc1ccc(S(=O)(=O)NC(=O)N[C@@H]2C[C@@H]2c2ccccc2)cc1. The van der Waals surface area contributed by atoms with Crippen LogP contribution < -0.4 is 10.0 Å². The van der Waals surface area contributed by atoms with Crippen molar-refractivity contribution in [1.82, 2.24) is 10.0 Å². The topological polar surface area (TPSA) is 75.3 Å². The van der Waals surface area contributed by atoms with Crippen LogP contribution in [0.3, 0.4) is 0 Å². The van der Waals surface area contributed by atoms with Gasteiger partial charge in [-0.3, -0.25) is 0 Å². The molecule has 3 rings (SSSR count). The van der Waals surface area contributed by atoms with Crippen molar-refractivity contribution < 1.29 is 13.2 Å². The van der Waals surface area contributed by atoms with Crippen LogP contribution in [0.1, 0.15) is 23.5 Å². The lowest BCUT2D eigenvalue weighted by Gasteiger charge is -2.09. The third-order valence-corrected chi connectivity index (χ3v) is 5.24. The number of benzene rings is 2. The number of amides is 2. The highest BCUT2D eigenvalue weighted by Crippen LogP contribution is 2.40. The van der Waals surface area contributed by atoms with Crippen molar-refractivity contribution in [3.63, 3.8) is 0 Å². The number of hydrogen-bond acceptors (Lipinski definition) is 3. The van der Waals surface area contributed by atoms with Crippen molar-refractivity contribution in [2.24, 2.45) is 0 Å². The smallest absolute Gasteiger partial charge is 0.328 e. The number of carbonyl (C=O) groups is 1. The molecule has 6 heteroatoms. The van der Waals surface area contributed by atoms with Gasteiger partial charge in [0.15, 0.2) is 0 Å². The van der Waals surface area contributed by atoms with Crippen molar-refractivity contribution in [1.29, 1.82) is 0 Å². The van der Waals surface area contributed by atoms with Crippen molar-refractivity contribution >= 4 is 16.1 Å². The summed E-state index contributed by atoms with van der Waals surface area (Å²) in [5.41, 5.74) is 2.11. The molecule has 0 spiro atoms. The second kappa shape index (κ2) is 6.04. The maximum Gasteiger partial charge on any atom is 0.328 e. The van der Waals surface area contributed by atoms with Gasteiger partial charge < -0.3 is 5.32 Å². The Bertz CT molecular complexity index is 801. The summed E-state index contributed by atoms with van der Waals surface area (Å²) in [5, 5.41) is 2.71. The van der Waals surface area contributed by atoms with Crippen LogP contribution in [0, 0.1) is 6.92 Å². The average Bonchev–Trinajstić information content (AvgIpc) is 3.27. The number of aryl methyl sites for hydroxylation is 1. The molecule has 1 aliphatic carbocycles. The van der Waals surface area contributed by atoms with Crippen molar-refractivity contribution in [3.8, 4) is 0 Å². The van der Waals surface area contributed by atoms with Gasteiger partial charge in [0, 0.05) is 12.0 Å². The molecule has 2 atom stereocenters. The Balaban J connectivity index is 1.59. The molecule has 2 amide bonds. The fourth-order valence-corrected chi connectivity index (χ4v) is 3.43. The quantitative estimate of drug-likeness (QED) is 0.904. The van der Waals surface area contributed by atoms with E-state index < -0.39 is 16.1 Å². The minimum absolute atomic E-state index is 0.0226. The van der Waals surface area contributed by atoms with Gasteiger partial charge in [0.05, 0.1) is 4.90 Å². The maximum atomic E-state index is 12.1. The Morgan fingerprint density at radius 3 is 2.35 bits per heavy atom. The van der Waals surface area contributed by atoms with Crippen molar-refractivity contribution in [2.45, 2.75) is 30.2 Å². The Morgan fingerprint density at radius 1 is 1.04 bits per heavy atom. The van der Waals surface area contributed by atoms with Gasteiger partial charge in [-0.05, 0) is 31.0 Å². The van der Waals surface area contributed by atoms with Gasteiger partial charge in [0.2, 0.25) is 0 Å². The third kappa shape index (κ3) is 3.71. The molecular weight excluding hydrogens is 312 g/mol. The molecule has 1 aliphatic rings. The summed E-state index contributed by atoms with van der Waals surface area (Å²) < 4.78 is 26.3. The van der Waals surface area contributed by atoms with Crippen LogP contribution in [0.4, 0.5) is 4.79 Å². The Kier molecular flexibility index (Phi) is 4.09. The summed E-state index contributed by atoms with van der Waals surface area (Å²) in [5.74, 6) is 0.254. The molecule has 23 heavy (non-hydrogen) atoms. The highest BCUT2D eigenvalue weighted by Gasteiger charge is 2.39. The van der Waals surface area contributed by atoms with Crippen LogP contribution in [0.15, 0.2) is 59.5 Å². The molecule has 120 valence electrons. The number of urea groups is 1. The van der Waals surface area contributed by atoms with Crippen LogP contribution in [0.2, 0.25) is 0 Å². The number of nitrogens with one attached hydrogen (secondary N) is 2. The number of carbonyl (C=O) groups excluding carboxylic acids is 1. The number of hydrogen-bond donors (Lipinski definition) is 2. The minimum atomic E-state index is -3.84. The van der Waals surface area contributed by atoms with E-state index in [1.54, 1.807) is 12.1 Å². The van der Waals surface area contributed by atoms with Crippen LogP contribution in [-0.4, -0.2) is 20.5 Å². The molecule has 2 N–H and O–H groups in total. The molecular formula is C17H18N2O3S. The first-order valence-corrected chi connectivity index (χ1v) is 8.89. The second-order valence-electron chi connectivity index (χ2n) is 5.75. The monoisotopic (exact) mass is 330 g/mol. The fraction of sp³-hybridized carbons (Fsp3) is 0.235. The van der Waals surface area contributed by atoms with E-state index >= 15 is 0 Å². The molecule has 2 aromatic carbocycles. The van der Waals surface area contributed by atoms with Crippen LogP contribution >= 0.6 is 0 Å². The Morgan fingerprint density at radius 2 is 1.70 bits per heavy atom. The standard InChI is InChI=1S/C17H18N2O3S/c1-12-7-9-14(10-8-12)23(21,22)19-17(20)18-16-11-15(16)13-5-3-2-4-6-13/h2-10,15-16H,11H2,1H3,(H2,18,19,20)/t15-,16-/m1/s1. The zero-order chi connectivity index (χ0) is 16.4. The third-order valence-electron chi connectivity index (χ3n) is 3.89. The lowest BCUT2D eigenvalue weighted by molar-refractivity contribution is 0.245. The summed E-state index contributed by atoms with van der Waals surface area (Å²) in [6, 6.07) is 15.5. The molecule has 0 aliphatic heterocycles. The summed E-state index contributed by atoms with van der Waals surface area (Å²) in [4.78, 5) is 12.0. The van der Waals surface area contributed by atoms with E-state index in [1.807, 2.05) is 37.3 Å². The molecule has 0 unspecified atom stereocenters.